The number of hydrogen-bond donors (Lipinski definition) is 1. The summed E-state index contributed by atoms with van der Waals surface area (Å²) >= 11 is 16.5. The molecular formula is C8H3Cl3N4O2. The molecule has 0 saturated carbocycles. The molecule has 2 aromatic heterocycles. The van der Waals surface area contributed by atoms with Crippen LogP contribution in [0.25, 0.3) is 0 Å². The molecule has 2 rings (SSSR count). The fraction of sp³-hybridized carbons (Fsp3) is 0. The van der Waals surface area contributed by atoms with Crippen LogP contribution < -0.4 is 5.32 Å². The molecule has 88 valence electrons. The zero-order chi connectivity index (χ0) is 12.4. The molecule has 2 heterocycles. The van der Waals surface area contributed by atoms with Gasteiger partial charge >= 0.3 is 5.91 Å². The molecule has 0 unspecified atom stereocenters. The van der Waals surface area contributed by atoms with Crippen molar-refractivity contribution in [2.24, 2.45) is 0 Å². The number of aromatic nitrogens is 3. The highest BCUT2D eigenvalue weighted by Crippen LogP contribution is 2.22. The Labute approximate surface area is 110 Å². The van der Waals surface area contributed by atoms with Crippen LogP contribution >= 0.6 is 34.8 Å². The SMILES string of the molecule is O=C(Nc1cnc(Cl)nc1)c1nc(Cl)c(Cl)o1. The van der Waals surface area contributed by atoms with E-state index in [4.69, 9.17) is 39.2 Å². The van der Waals surface area contributed by atoms with Crippen LogP contribution in [-0.4, -0.2) is 20.9 Å². The van der Waals surface area contributed by atoms with Gasteiger partial charge in [0.05, 0.1) is 18.1 Å². The fourth-order valence-electron chi connectivity index (χ4n) is 0.941. The number of oxazole rings is 1. The standard InChI is InChI=1S/C8H3Cl3N4O2/c9-4-5(10)17-7(15-4)6(16)14-3-1-12-8(11)13-2-3/h1-2H,(H,14,16). The lowest BCUT2D eigenvalue weighted by molar-refractivity contribution is 0.0990. The number of nitrogens with zero attached hydrogens (tertiary/aromatic N) is 3. The Morgan fingerprint density at radius 1 is 1.24 bits per heavy atom. The molecular weight excluding hydrogens is 290 g/mol. The summed E-state index contributed by atoms with van der Waals surface area (Å²) in [7, 11) is 0. The number of nitrogens with one attached hydrogen (secondary N) is 1. The lowest BCUT2D eigenvalue weighted by Gasteiger charge is -2.00. The van der Waals surface area contributed by atoms with Crippen LogP contribution in [0.3, 0.4) is 0 Å². The summed E-state index contributed by atoms with van der Waals surface area (Å²) in [5, 5.41) is 2.28. The van der Waals surface area contributed by atoms with E-state index in [9.17, 15) is 4.79 Å². The number of carbonyl (C=O) groups is 1. The largest absolute Gasteiger partial charge is 0.419 e. The van der Waals surface area contributed by atoms with E-state index in [0.717, 1.165) is 0 Å². The molecule has 0 aliphatic rings. The van der Waals surface area contributed by atoms with Crippen LogP contribution in [0.1, 0.15) is 10.7 Å². The minimum atomic E-state index is -0.621. The summed E-state index contributed by atoms with van der Waals surface area (Å²) in [6, 6.07) is 0. The number of halogens is 3. The molecule has 6 nitrogen and oxygen atoms in total. The van der Waals surface area contributed by atoms with E-state index in [0.29, 0.717) is 5.69 Å². The van der Waals surface area contributed by atoms with Gasteiger partial charge in [-0.25, -0.2) is 9.97 Å². The second-order valence-corrected chi connectivity index (χ2v) is 3.82. The lowest BCUT2D eigenvalue weighted by atomic mass is 10.5. The third-order valence-corrected chi connectivity index (χ3v) is 2.42. The van der Waals surface area contributed by atoms with Crippen LogP contribution in [-0.2, 0) is 0 Å². The minimum Gasteiger partial charge on any atom is -0.419 e. The molecule has 0 saturated heterocycles. The molecule has 9 heteroatoms. The predicted molar refractivity (Wildman–Crippen MR) is 61.5 cm³/mol. The molecule has 1 N–H and O–H groups in total. The number of rotatable bonds is 2. The fourth-order valence-corrected chi connectivity index (χ4v) is 1.27. The maximum atomic E-state index is 11.6. The second-order valence-electron chi connectivity index (χ2n) is 2.78. The van der Waals surface area contributed by atoms with Crippen LogP contribution in [0.5, 0.6) is 0 Å². The average Bonchev–Trinajstić information content (AvgIpc) is 2.63. The van der Waals surface area contributed by atoms with Gasteiger partial charge in [0.1, 0.15) is 0 Å². The Morgan fingerprint density at radius 3 is 2.41 bits per heavy atom. The van der Waals surface area contributed by atoms with Gasteiger partial charge in [0, 0.05) is 0 Å². The van der Waals surface area contributed by atoms with Crippen molar-refractivity contribution in [2.75, 3.05) is 5.32 Å². The zero-order valence-corrected chi connectivity index (χ0v) is 10.2. The number of anilines is 1. The smallest absolute Gasteiger partial charge is 0.311 e. The summed E-state index contributed by atoms with van der Waals surface area (Å²) in [6.45, 7) is 0. The average molecular weight is 293 g/mol. The van der Waals surface area contributed by atoms with Crippen molar-refractivity contribution in [1.29, 1.82) is 0 Å². The first-order valence-corrected chi connectivity index (χ1v) is 5.30. The highest BCUT2D eigenvalue weighted by Gasteiger charge is 2.16. The topological polar surface area (TPSA) is 80.9 Å². The van der Waals surface area contributed by atoms with Gasteiger partial charge in [-0.15, -0.1) is 0 Å². The minimum absolute atomic E-state index is 0.0743. The normalized spacial score (nSPS) is 10.3. The molecule has 2 aromatic rings. The van der Waals surface area contributed by atoms with Crippen LogP contribution in [0.15, 0.2) is 16.8 Å². The van der Waals surface area contributed by atoms with Gasteiger partial charge in [0.15, 0.2) is 5.15 Å². The molecule has 1 amide bonds. The summed E-state index contributed by atoms with van der Waals surface area (Å²) in [4.78, 5) is 22.6. The van der Waals surface area contributed by atoms with Crippen molar-refractivity contribution in [3.8, 4) is 0 Å². The first kappa shape index (κ1) is 12.1. The Morgan fingerprint density at radius 2 is 1.88 bits per heavy atom. The molecule has 0 aliphatic carbocycles. The van der Waals surface area contributed by atoms with E-state index in [1.54, 1.807) is 0 Å². The first-order valence-electron chi connectivity index (χ1n) is 4.17. The van der Waals surface area contributed by atoms with Gasteiger partial charge < -0.3 is 9.73 Å². The summed E-state index contributed by atoms with van der Waals surface area (Å²) in [5.41, 5.74) is 0.338. The maximum Gasteiger partial charge on any atom is 0.311 e. The Hall–Kier alpha value is -1.37. The van der Waals surface area contributed by atoms with E-state index in [2.05, 4.69) is 20.3 Å². The van der Waals surface area contributed by atoms with Crippen molar-refractivity contribution in [3.05, 3.63) is 33.9 Å². The molecule has 17 heavy (non-hydrogen) atoms. The molecule has 0 aromatic carbocycles. The highest BCUT2D eigenvalue weighted by molar-refractivity contribution is 6.40. The van der Waals surface area contributed by atoms with Crippen LogP contribution in [0, 0.1) is 0 Å². The quantitative estimate of drug-likeness (QED) is 0.861. The first-order chi connectivity index (χ1) is 8.06. The number of hydrogen-bond acceptors (Lipinski definition) is 5. The van der Waals surface area contributed by atoms with Crippen LogP contribution in [0.4, 0.5) is 5.69 Å². The zero-order valence-electron chi connectivity index (χ0n) is 7.95. The summed E-state index contributed by atoms with van der Waals surface area (Å²) in [5.74, 6) is -0.875. The van der Waals surface area contributed by atoms with E-state index in [1.165, 1.54) is 12.4 Å². The third-order valence-electron chi connectivity index (χ3n) is 1.62. The van der Waals surface area contributed by atoms with E-state index < -0.39 is 5.91 Å². The summed E-state index contributed by atoms with van der Waals surface area (Å²) in [6.07, 6.45) is 2.67. The Balaban J connectivity index is 2.14. The summed E-state index contributed by atoms with van der Waals surface area (Å²) < 4.78 is 4.82. The van der Waals surface area contributed by atoms with Crippen molar-refractivity contribution < 1.29 is 9.21 Å². The lowest BCUT2D eigenvalue weighted by Crippen LogP contribution is -2.12. The van der Waals surface area contributed by atoms with Gasteiger partial charge in [-0.3, -0.25) is 4.79 Å². The predicted octanol–water partition coefficient (Wildman–Crippen LogP) is 2.68. The molecule has 0 fully saturated rings. The van der Waals surface area contributed by atoms with E-state index in [1.807, 2.05) is 0 Å². The number of amides is 1. The Kier molecular flexibility index (Phi) is 3.46. The third kappa shape index (κ3) is 2.85. The van der Waals surface area contributed by atoms with Gasteiger partial charge in [-0.05, 0) is 23.2 Å². The number of carbonyl (C=O) groups excluding carboxylic acids is 1. The maximum absolute atomic E-state index is 11.6. The van der Waals surface area contributed by atoms with Crippen molar-refractivity contribution in [2.45, 2.75) is 0 Å². The van der Waals surface area contributed by atoms with E-state index >= 15 is 0 Å². The van der Waals surface area contributed by atoms with Crippen molar-refractivity contribution in [1.82, 2.24) is 15.0 Å². The van der Waals surface area contributed by atoms with Crippen LogP contribution in [0.2, 0.25) is 15.7 Å². The molecule has 0 bridgehead atoms. The molecule has 0 atom stereocenters. The van der Waals surface area contributed by atoms with Crippen molar-refractivity contribution in [3.63, 3.8) is 0 Å². The molecule has 0 radical (unpaired) electrons. The van der Waals surface area contributed by atoms with Gasteiger partial charge in [0.25, 0.3) is 5.89 Å². The second kappa shape index (κ2) is 4.87. The van der Waals surface area contributed by atoms with Gasteiger partial charge in [-0.2, -0.15) is 4.98 Å². The van der Waals surface area contributed by atoms with E-state index in [-0.39, 0.29) is 21.5 Å². The van der Waals surface area contributed by atoms with Crippen molar-refractivity contribution >= 4 is 46.4 Å². The molecule has 0 aliphatic heterocycles. The van der Waals surface area contributed by atoms with Gasteiger partial charge in [0.2, 0.25) is 10.5 Å². The Bertz CT molecular complexity index is 535. The molecule has 0 spiro atoms. The van der Waals surface area contributed by atoms with Gasteiger partial charge in [-0.1, -0.05) is 11.6 Å². The highest BCUT2D eigenvalue weighted by atomic mass is 35.5. The monoisotopic (exact) mass is 292 g/mol.